The van der Waals surface area contributed by atoms with Crippen molar-refractivity contribution >= 4 is 44.3 Å². The summed E-state index contributed by atoms with van der Waals surface area (Å²) in [7, 11) is 0. The normalized spacial score (nSPS) is 11.7. The Morgan fingerprint density at radius 2 is 1.29 bits per heavy atom. The van der Waals surface area contributed by atoms with E-state index in [1.165, 1.54) is 0 Å². The van der Waals surface area contributed by atoms with Crippen molar-refractivity contribution in [1.82, 2.24) is 0 Å². The summed E-state index contributed by atoms with van der Waals surface area (Å²) >= 11 is 0. The number of hydrogen-bond donors (Lipinski definition) is 2. The van der Waals surface area contributed by atoms with E-state index >= 15 is 0 Å². The molecule has 0 radical (unpaired) electrons. The van der Waals surface area contributed by atoms with Gasteiger partial charge in [0.05, 0.1) is 0 Å². The molecule has 0 bridgehead atoms. The van der Waals surface area contributed by atoms with E-state index in [2.05, 4.69) is 6.07 Å². The molecule has 24 heavy (non-hydrogen) atoms. The van der Waals surface area contributed by atoms with Crippen molar-refractivity contribution in [2.24, 2.45) is 5.92 Å². The van der Waals surface area contributed by atoms with Crippen LogP contribution >= 0.6 is 0 Å². The predicted octanol–water partition coefficient (Wildman–Crippen LogP) is 3.91. The molecule has 118 valence electrons. The minimum absolute atomic E-state index is 0.0289. The molecule has 0 unspecified atom stereocenters. The van der Waals surface area contributed by atoms with E-state index in [9.17, 15) is 9.59 Å². The Balaban J connectivity index is 2.00. The quantitative estimate of drug-likeness (QED) is 0.442. The number of carbonyl (C=O) groups is 2. The van der Waals surface area contributed by atoms with Crippen LogP contribution in [-0.4, -0.2) is 22.2 Å². The molecule has 0 aromatic heterocycles. The topological polar surface area (TPSA) is 74.6 Å². The third kappa shape index (κ3) is 2.07. The molecule has 0 aliphatic rings. The molecule has 4 rings (SSSR count). The number of rotatable bonds is 4. The molecular weight excluding hydrogens is 304 g/mol. The van der Waals surface area contributed by atoms with Crippen LogP contribution in [-0.2, 0) is 16.0 Å². The van der Waals surface area contributed by atoms with Gasteiger partial charge in [0.1, 0.15) is 0 Å². The third-order valence-electron chi connectivity index (χ3n) is 4.64. The van der Waals surface area contributed by atoms with E-state index in [0.717, 1.165) is 37.9 Å². The van der Waals surface area contributed by atoms with Crippen LogP contribution in [0.5, 0.6) is 0 Å². The number of carboxylic acid groups (broad SMARTS) is 2. The van der Waals surface area contributed by atoms with E-state index < -0.39 is 17.9 Å². The highest BCUT2D eigenvalue weighted by Crippen LogP contribution is 2.36. The summed E-state index contributed by atoms with van der Waals surface area (Å²) < 4.78 is 0. The molecule has 0 saturated heterocycles. The van der Waals surface area contributed by atoms with Gasteiger partial charge in [-0.2, -0.15) is 0 Å². The van der Waals surface area contributed by atoms with Crippen molar-refractivity contribution in [3.63, 3.8) is 0 Å². The first-order valence-electron chi connectivity index (χ1n) is 7.67. The maximum atomic E-state index is 11.2. The van der Waals surface area contributed by atoms with Crippen LogP contribution < -0.4 is 0 Å². The van der Waals surface area contributed by atoms with E-state index in [1.54, 1.807) is 0 Å². The lowest BCUT2D eigenvalue weighted by atomic mass is 9.89. The van der Waals surface area contributed by atoms with E-state index in [4.69, 9.17) is 10.2 Å². The van der Waals surface area contributed by atoms with Crippen LogP contribution in [0.15, 0.2) is 54.6 Å². The molecule has 0 fully saturated rings. The first-order chi connectivity index (χ1) is 11.6. The fourth-order valence-electron chi connectivity index (χ4n) is 3.47. The molecular formula is C20H14O4. The smallest absolute Gasteiger partial charge is 0.318 e. The molecule has 0 amide bonds. The van der Waals surface area contributed by atoms with Gasteiger partial charge in [0.15, 0.2) is 5.92 Å². The molecule has 0 saturated carbocycles. The third-order valence-corrected chi connectivity index (χ3v) is 4.64. The highest BCUT2D eigenvalue weighted by atomic mass is 16.4. The number of carboxylic acids is 2. The van der Waals surface area contributed by atoms with Gasteiger partial charge in [0.2, 0.25) is 0 Å². The highest BCUT2D eigenvalue weighted by molar-refractivity contribution is 6.23. The zero-order valence-corrected chi connectivity index (χ0v) is 12.7. The van der Waals surface area contributed by atoms with Crippen molar-refractivity contribution in [2.75, 3.05) is 0 Å². The van der Waals surface area contributed by atoms with Gasteiger partial charge in [-0.05, 0) is 44.3 Å². The van der Waals surface area contributed by atoms with Gasteiger partial charge in [-0.3, -0.25) is 9.59 Å². The Hall–Kier alpha value is -3.14. The predicted molar refractivity (Wildman–Crippen MR) is 92.6 cm³/mol. The Bertz CT molecular complexity index is 1070. The van der Waals surface area contributed by atoms with Crippen molar-refractivity contribution in [3.8, 4) is 0 Å². The van der Waals surface area contributed by atoms with E-state index in [1.807, 2.05) is 48.5 Å². The van der Waals surface area contributed by atoms with Crippen LogP contribution in [0.25, 0.3) is 32.3 Å². The van der Waals surface area contributed by atoms with Gasteiger partial charge in [0, 0.05) is 0 Å². The molecule has 4 aromatic carbocycles. The van der Waals surface area contributed by atoms with E-state index in [-0.39, 0.29) is 6.42 Å². The van der Waals surface area contributed by atoms with Crippen LogP contribution in [0.3, 0.4) is 0 Å². The lowest BCUT2D eigenvalue weighted by Crippen LogP contribution is -2.25. The Morgan fingerprint density at radius 3 is 1.92 bits per heavy atom. The molecule has 0 atom stereocenters. The lowest BCUT2D eigenvalue weighted by Gasteiger charge is -2.15. The summed E-state index contributed by atoms with van der Waals surface area (Å²) in [4.78, 5) is 22.5. The monoisotopic (exact) mass is 318 g/mol. The van der Waals surface area contributed by atoms with Gasteiger partial charge in [-0.15, -0.1) is 0 Å². The fourth-order valence-corrected chi connectivity index (χ4v) is 3.47. The molecule has 4 aromatic rings. The van der Waals surface area contributed by atoms with Crippen molar-refractivity contribution in [1.29, 1.82) is 0 Å². The summed E-state index contributed by atoms with van der Waals surface area (Å²) in [6.07, 6.45) is -0.0289. The first kappa shape index (κ1) is 14.5. The fraction of sp³-hybridized carbons (Fsp3) is 0.100. The Morgan fingerprint density at radius 1 is 0.750 bits per heavy atom. The number of hydrogen-bond acceptors (Lipinski definition) is 2. The van der Waals surface area contributed by atoms with Gasteiger partial charge < -0.3 is 10.2 Å². The first-order valence-corrected chi connectivity index (χ1v) is 7.67. The summed E-state index contributed by atoms with van der Waals surface area (Å²) in [6.45, 7) is 0. The molecule has 0 heterocycles. The molecule has 0 aliphatic carbocycles. The molecule has 4 nitrogen and oxygen atoms in total. The maximum Gasteiger partial charge on any atom is 0.318 e. The molecule has 0 aliphatic heterocycles. The largest absolute Gasteiger partial charge is 0.481 e. The van der Waals surface area contributed by atoms with Crippen LogP contribution in [0.1, 0.15) is 5.56 Å². The Kier molecular flexibility index (Phi) is 3.13. The zero-order valence-electron chi connectivity index (χ0n) is 12.7. The van der Waals surface area contributed by atoms with E-state index in [0.29, 0.717) is 0 Å². The minimum Gasteiger partial charge on any atom is -0.481 e. The van der Waals surface area contributed by atoms with Crippen LogP contribution in [0.2, 0.25) is 0 Å². The zero-order chi connectivity index (χ0) is 16.8. The lowest BCUT2D eigenvalue weighted by molar-refractivity contribution is -0.154. The van der Waals surface area contributed by atoms with Crippen molar-refractivity contribution in [2.45, 2.75) is 6.42 Å². The average Bonchev–Trinajstić information content (AvgIpc) is 2.57. The molecule has 0 spiro atoms. The van der Waals surface area contributed by atoms with Crippen molar-refractivity contribution in [3.05, 3.63) is 60.2 Å². The van der Waals surface area contributed by atoms with Crippen LogP contribution in [0.4, 0.5) is 0 Å². The standard InChI is InChI=1S/C20H14O4/c21-19(22)16(20(23)24)10-14-7-6-13-5-4-11-2-1-3-12-8-9-15(14)18(13)17(11)12/h1-9,16H,10H2,(H,21,22)(H,23,24). The molecule has 2 N–H and O–H groups in total. The second kappa shape index (κ2) is 5.20. The summed E-state index contributed by atoms with van der Waals surface area (Å²) in [5, 5.41) is 24.8. The van der Waals surface area contributed by atoms with Gasteiger partial charge in [-0.1, -0.05) is 54.6 Å². The van der Waals surface area contributed by atoms with Gasteiger partial charge in [-0.25, -0.2) is 0 Å². The van der Waals surface area contributed by atoms with Gasteiger partial charge in [0.25, 0.3) is 0 Å². The highest BCUT2D eigenvalue weighted by Gasteiger charge is 2.27. The maximum absolute atomic E-state index is 11.2. The molecule has 4 heteroatoms. The minimum atomic E-state index is -1.44. The second-order valence-corrected chi connectivity index (χ2v) is 6.01. The Labute approximate surface area is 137 Å². The van der Waals surface area contributed by atoms with Crippen LogP contribution in [0, 0.1) is 5.92 Å². The average molecular weight is 318 g/mol. The van der Waals surface area contributed by atoms with Crippen molar-refractivity contribution < 1.29 is 19.8 Å². The SMILES string of the molecule is O=C(O)C(Cc1ccc2ccc3cccc4ccc1c2c34)C(=O)O. The van der Waals surface area contributed by atoms with Gasteiger partial charge >= 0.3 is 11.9 Å². The summed E-state index contributed by atoms with van der Waals surface area (Å²) in [5.41, 5.74) is 0.746. The number of benzene rings is 4. The number of aliphatic carboxylic acids is 2. The summed E-state index contributed by atoms with van der Waals surface area (Å²) in [6, 6.07) is 17.9. The second-order valence-electron chi connectivity index (χ2n) is 6.01. The summed E-state index contributed by atoms with van der Waals surface area (Å²) in [5.74, 6) is -4.06.